The summed E-state index contributed by atoms with van der Waals surface area (Å²) >= 11 is 0. The molecule has 0 saturated heterocycles. The van der Waals surface area contributed by atoms with Gasteiger partial charge in [-0.05, 0) is 24.3 Å². The second-order valence-electron chi connectivity index (χ2n) is 6.32. The molecule has 0 atom stereocenters. The van der Waals surface area contributed by atoms with Crippen molar-refractivity contribution in [2.24, 2.45) is 14.1 Å². The van der Waals surface area contributed by atoms with E-state index in [4.69, 9.17) is 10.2 Å². The van der Waals surface area contributed by atoms with Crippen LogP contribution in [0.3, 0.4) is 0 Å². The van der Waals surface area contributed by atoms with Gasteiger partial charge in [-0.2, -0.15) is 0 Å². The van der Waals surface area contributed by atoms with Gasteiger partial charge in [-0.15, -0.1) is 0 Å². The molecular formula is C19H16N6O4. The maximum Gasteiger partial charge on any atom is 0.332 e. The summed E-state index contributed by atoms with van der Waals surface area (Å²) in [4.78, 5) is 46.5. The number of hydrogen-bond acceptors (Lipinski definition) is 7. The lowest BCUT2D eigenvalue weighted by Crippen LogP contribution is -2.38. The maximum absolute atomic E-state index is 13.1. The highest BCUT2D eigenvalue weighted by molar-refractivity contribution is 6.15. The molecule has 0 aliphatic rings. The van der Waals surface area contributed by atoms with Crippen LogP contribution in [0.25, 0.3) is 22.4 Å². The van der Waals surface area contributed by atoms with Gasteiger partial charge in [0, 0.05) is 20.3 Å². The van der Waals surface area contributed by atoms with Gasteiger partial charge in [0.25, 0.3) is 11.5 Å². The van der Waals surface area contributed by atoms with Crippen LogP contribution >= 0.6 is 0 Å². The van der Waals surface area contributed by atoms with E-state index in [-0.39, 0.29) is 33.7 Å². The van der Waals surface area contributed by atoms with Gasteiger partial charge < -0.3 is 15.5 Å². The third-order valence-electron chi connectivity index (χ3n) is 4.53. The minimum atomic E-state index is -0.613. The molecule has 4 rings (SSSR count). The smallest absolute Gasteiger partial charge is 0.332 e. The van der Waals surface area contributed by atoms with E-state index >= 15 is 0 Å². The molecule has 0 aliphatic heterocycles. The van der Waals surface area contributed by atoms with Gasteiger partial charge in [0.2, 0.25) is 0 Å². The standard InChI is InChI=1S/C19H16N6O4/c1-24-16-14(18(27)25(2)19(24)28)12(11-6-4-8-29-11)13(15(20)23-16)17(26)22-10-5-3-7-21-9-10/h3-9H,1-2H3,(H2,20,23)(H,22,26). The number of furan rings is 1. The number of hydrogen-bond donors (Lipinski definition) is 2. The van der Waals surface area contributed by atoms with Crippen LogP contribution in [-0.2, 0) is 14.1 Å². The number of fused-ring (bicyclic) bond motifs is 1. The Hall–Kier alpha value is -4.21. The van der Waals surface area contributed by atoms with Crippen LogP contribution in [0.5, 0.6) is 0 Å². The predicted molar refractivity (Wildman–Crippen MR) is 107 cm³/mol. The molecule has 0 fully saturated rings. The molecule has 4 aromatic rings. The Morgan fingerprint density at radius 1 is 1.17 bits per heavy atom. The van der Waals surface area contributed by atoms with Crippen molar-refractivity contribution in [2.45, 2.75) is 0 Å². The highest BCUT2D eigenvalue weighted by Gasteiger charge is 2.26. The number of nitrogens with one attached hydrogen (secondary N) is 1. The third kappa shape index (κ3) is 2.87. The van der Waals surface area contributed by atoms with Crippen LogP contribution < -0.4 is 22.3 Å². The first-order chi connectivity index (χ1) is 13.9. The molecular weight excluding hydrogens is 376 g/mol. The zero-order valence-electron chi connectivity index (χ0n) is 15.5. The third-order valence-corrected chi connectivity index (χ3v) is 4.53. The quantitative estimate of drug-likeness (QED) is 0.533. The summed E-state index contributed by atoms with van der Waals surface area (Å²) in [5, 5.41) is 2.74. The molecule has 3 N–H and O–H groups in total. The summed E-state index contributed by atoms with van der Waals surface area (Å²) in [6.45, 7) is 0. The van der Waals surface area contributed by atoms with Gasteiger partial charge in [0.15, 0.2) is 5.65 Å². The zero-order chi connectivity index (χ0) is 20.7. The summed E-state index contributed by atoms with van der Waals surface area (Å²) in [7, 11) is 2.82. The number of rotatable bonds is 3. The number of nitrogen functional groups attached to an aromatic ring is 1. The Labute approximate surface area is 163 Å². The van der Waals surface area contributed by atoms with E-state index in [9.17, 15) is 14.4 Å². The molecule has 146 valence electrons. The van der Waals surface area contributed by atoms with E-state index in [1.165, 1.54) is 31.1 Å². The fraction of sp³-hybridized carbons (Fsp3) is 0.105. The molecule has 4 heterocycles. The Balaban J connectivity index is 2.09. The normalized spacial score (nSPS) is 11.0. The molecule has 0 aromatic carbocycles. The van der Waals surface area contributed by atoms with Crippen LogP contribution in [0, 0.1) is 0 Å². The van der Waals surface area contributed by atoms with Gasteiger partial charge >= 0.3 is 5.69 Å². The molecule has 10 heteroatoms. The second kappa shape index (κ2) is 6.75. The summed E-state index contributed by atoms with van der Waals surface area (Å²) in [5.41, 5.74) is 5.55. The van der Waals surface area contributed by atoms with Crippen molar-refractivity contribution in [2.75, 3.05) is 11.1 Å². The van der Waals surface area contributed by atoms with Crippen LogP contribution in [-0.4, -0.2) is 25.0 Å². The van der Waals surface area contributed by atoms with Gasteiger partial charge in [-0.25, -0.2) is 9.78 Å². The molecule has 29 heavy (non-hydrogen) atoms. The number of carbonyl (C=O) groups excluding carboxylic acids is 1. The number of nitrogens with zero attached hydrogens (tertiary/aromatic N) is 4. The van der Waals surface area contributed by atoms with E-state index in [2.05, 4.69) is 15.3 Å². The van der Waals surface area contributed by atoms with Crippen LogP contribution in [0.2, 0.25) is 0 Å². The summed E-state index contributed by atoms with van der Waals surface area (Å²) in [6, 6.07) is 6.54. The highest BCUT2D eigenvalue weighted by atomic mass is 16.3. The largest absolute Gasteiger partial charge is 0.464 e. The Morgan fingerprint density at radius 2 is 1.97 bits per heavy atom. The van der Waals surface area contributed by atoms with Crippen molar-refractivity contribution in [3.63, 3.8) is 0 Å². The molecule has 0 aliphatic carbocycles. The monoisotopic (exact) mass is 392 g/mol. The van der Waals surface area contributed by atoms with Gasteiger partial charge in [-0.3, -0.25) is 23.7 Å². The first-order valence-electron chi connectivity index (χ1n) is 8.54. The summed E-state index contributed by atoms with van der Waals surface area (Å²) in [5.74, 6) is -0.489. The molecule has 4 aromatic heterocycles. The zero-order valence-corrected chi connectivity index (χ0v) is 15.5. The number of nitrogens with two attached hydrogens (primary N) is 1. The van der Waals surface area contributed by atoms with Crippen molar-refractivity contribution in [3.05, 3.63) is 69.3 Å². The van der Waals surface area contributed by atoms with Crippen molar-refractivity contribution in [3.8, 4) is 11.3 Å². The number of amides is 1. The van der Waals surface area contributed by atoms with Crippen LogP contribution in [0.4, 0.5) is 11.5 Å². The SMILES string of the molecule is Cn1c(=O)c2c(-c3ccco3)c(C(=O)Nc3cccnc3)c(N)nc2n(C)c1=O. The van der Waals surface area contributed by atoms with Crippen molar-refractivity contribution < 1.29 is 9.21 Å². The van der Waals surface area contributed by atoms with E-state index in [1.54, 1.807) is 30.5 Å². The fourth-order valence-electron chi connectivity index (χ4n) is 3.13. The summed E-state index contributed by atoms with van der Waals surface area (Å²) < 4.78 is 7.61. The van der Waals surface area contributed by atoms with Crippen LogP contribution in [0.15, 0.2) is 56.9 Å². The van der Waals surface area contributed by atoms with Crippen LogP contribution in [0.1, 0.15) is 10.4 Å². The predicted octanol–water partition coefficient (Wildman–Crippen LogP) is 1.12. The van der Waals surface area contributed by atoms with E-state index in [1.807, 2.05) is 0 Å². The average molecular weight is 392 g/mol. The molecule has 1 amide bonds. The first kappa shape index (κ1) is 18.2. The lowest BCUT2D eigenvalue weighted by atomic mass is 10.0. The van der Waals surface area contributed by atoms with Crippen molar-refractivity contribution in [1.82, 2.24) is 19.1 Å². The first-order valence-corrected chi connectivity index (χ1v) is 8.54. The molecule has 0 saturated carbocycles. The number of carbonyl (C=O) groups is 1. The van der Waals surface area contributed by atoms with Gasteiger partial charge in [-0.1, -0.05) is 0 Å². The highest BCUT2D eigenvalue weighted by Crippen LogP contribution is 2.33. The maximum atomic E-state index is 13.1. The average Bonchev–Trinajstić information content (AvgIpc) is 3.25. The number of aryl methyl sites for hydroxylation is 1. The molecule has 0 bridgehead atoms. The van der Waals surface area contributed by atoms with Crippen molar-refractivity contribution >= 4 is 28.4 Å². The molecule has 0 radical (unpaired) electrons. The number of aromatic nitrogens is 4. The van der Waals surface area contributed by atoms with E-state index in [0.717, 1.165) is 4.57 Å². The molecule has 0 unspecified atom stereocenters. The molecule has 10 nitrogen and oxygen atoms in total. The van der Waals surface area contributed by atoms with E-state index < -0.39 is 17.2 Å². The molecule has 0 spiro atoms. The van der Waals surface area contributed by atoms with Gasteiger partial charge in [0.05, 0.1) is 34.7 Å². The number of anilines is 2. The van der Waals surface area contributed by atoms with Crippen molar-refractivity contribution in [1.29, 1.82) is 0 Å². The Kier molecular flexibility index (Phi) is 4.23. The fourth-order valence-corrected chi connectivity index (χ4v) is 3.13. The minimum Gasteiger partial charge on any atom is -0.464 e. The van der Waals surface area contributed by atoms with E-state index in [0.29, 0.717) is 5.69 Å². The Bertz CT molecular complexity index is 1350. The number of pyridine rings is 2. The topological polar surface area (TPSA) is 138 Å². The second-order valence-corrected chi connectivity index (χ2v) is 6.32. The lowest BCUT2D eigenvalue weighted by Gasteiger charge is -2.15. The van der Waals surface area contributed by atoms with Gasteiger partial charge in [0.1, 0.15) is 11.6 Å². The lowest BCUT2D eigenvalue weighted by molar-refractivity contribution is 0.102. The minimum absolute atomic E-state index is 0.0351. The Morgan fingerprint density at radius 3 is 2.62 bits per heavy atom. The summed E-state index contributed by atoms with van der Waals surface area (Å²) in [6.07, 6.45) is 4.45.